The number of rotatable bonds is 4. The fourth-order valence-corrected chi connectivity index (χ4v) is 1.84. The van der Waals surface area contributed by atoms with Gasteiger partial charge in [-0.1, -0.05) is 13.8 Å². The first-order chi connectivity index (χ1) is 9.51. The van der Waals surface area contributed by atoms with E-state index in [4.69, 9.17) is 5.26 Å². The van der Waals surface area contributed by atoms with Gasteiger partial charge in [0.25, 0.3) is 11.7 Å². The van der Waals surface area contributed by atoms with E-state index in [9.17, 15) is 4.79 Å². The fourth-order valence-electron chi connectivity index (χ4n) is 1.84. The van der Waals surface area contributed by atoms with Crippen molar-refractivity contribution in [1.82, 2.24) is 24.9 Å². The molecule has 0 aliphatic heterocycles. The molecule has 0 aliphatic rings. The van der Waals surface area contributed by atoms with Gasteiger partial charge < -0.3 is 5.32 Å². The number of fused-ring (bicyclic) bond motifs is 1. The summed E-state index contributed by atoms with van der Waals surface area (Å²) in [6, 6.07) is 3.31. The fraction of sp³-hybridized carbons (Fsp3) is 0.462. The van der Waals surface area contributed by atoms with Crippen molar-refractivity contribution in [2.45, 2.75) is 33.2 Å². The number of carbonyl (C=O) groups is 1. The summed E-state index contributed by atoms with van der Waals surface area (Å²) in [5, 5.41) is 15.8. The number of aryl methyl sites for hydroxylation is 1. The van der Waals surface area contributed by atoms with Crippen molar-refractivity contribution in [3.05, 3.63) is 23.8 Å². The van der Waals surface area contributed by atoms with Gasteiger partial charge >= 0.3 is 0 Å². The molecule has 0 aromatic carbocycles. The molecule has 2 rings (SSSR count). The molecule has 2 heterocycles. The molecule has 1 unspecified atom stereocenters. The van der Waals surface area contributed by atoms with Crippen LogP contribution in [0, 0.1) is 24.2 Å². The Balaban J connectivity index is 2.19. The lowest BCUT2D eigenvalue weighted by molar-refractivity contribution is 0.0932. The highest BCUT2D eigenvalue weighted by Gasteiger charge is 2.19. The van der Waals surface area contributed by atoms with Crippen molar-refractivity contribution in [2.24, 2.45) is 5.92 Å². The zero-order valence-electron chi connectivity index (χ0n) is 11.7. The van der Waals surface area contributed by atoms with Crippen molar-refractivity contribution in [3.63, 3.8) is 0 Å². The van der Waals surface area contributed by atoms with Crippen LogP contribution in [-0.2, 0) is 0 Å². The standard InChI is InChI=1S/C13H16N6O/c1-8(2)6-10(7-14)16-12(20)11-17-13-15-5-4-9(3)19(13)18-11/h4-5,8,10H,6H2,1-3H3,(H,16,20). The largest absolute Gasteiger partial charge is 0.333 e. The predicted octanol–water partition coefficient (Wildman–Crippen LogP) is 1.10. The van der Waals surface area contributed by atoms with Crippen LogP contribution in [0.1, 0.15) is 36.6 Å². The molecule has 1 N–H and O–H groups in total. The summed E-state index contributed by atoms with van der Waals surface area (Å²) in [5.41, 5.74) is 0.834. The smallest absolute Gasteiger partial charge is 0.292 e. The first kappa shape index (κ1) is 13.9. The maximum atomic E-state index is 12.0. The molecule has 0 bridgehead atoms. The van der Waals surface area contributed by atoms with E-state index < -0.39 is 11.9 Å². The van der Waals surface area contributed by atoms with E-state index in [1.54, 1.807) is 12.3 Å². The summed E-state index contributed by atoms with van der Waals surface area (Å²) in [5.74, 6) is 0.253. The quantitative estimate of drug-likeness (QED) is 0.899. The van der Waals surface area contributed by atoms with Crippen molar-refractivity contribution < 1.29 is 4.79 Å². The van der Waals surface area contributed by atoms with Crippen LogP contribution >= 0.6 is 0 Å². The first-order valence-corrected chi connectivity index (χ1v) is 6.40. The molecule has 7 heteroatoms. The third kappa shape index (κ3) is 2.91. The Morgan fingerprint density at radius 2 is 2.30 bits per heavy atom. The molecule has 0 fully saturated rings. The topological polar surface area (TPSA) is 96.0 Å². The Kier molecular flexibility index (Phi) is 3.94. The summed E-state index contributed by atoms with van der Waals surface area (Å²) in [4.78, 5) is 20.1. The van der Waals surface area contributed by atoms with Crippen molar-refractivity contribution in [3.8, 4) is 6.07 Å². The zero-order chi connectivity index (χ0) is 14.7. The molecule has 0 radical (unpaired) electrons. The summed E-state index contributed by atoms with van der Waals surface area (Å²) in [6.07, 6.45) is 2.20. The minimum Gasteiger partial charge on any atom is -0.333 e. The summed E-state index contributed by atoms with van der Waals surface area (Å²) in [7, 11) is 0. The van der Waals surface area contributed by atoms with Gasteiger partial charge in [0.1, 0.15) is 6.04 Å². The molecule has 1 atom stereocenters. The Labute approximate surface area is 116 Å². The van der Waals surface area contributed by atoms with Gasteiger partial charge in [0.05, 0.1) is 6.07 Å². The normalized spacial score (nSPS) is 12.3. The molecular formula is C13H16N6O. The predicted molar refractivity (Wildman–Crippen MR) is 71.8 cm³/mol. The lowest BCUT2D eigenvalue weighted by Crippen LogP contribution is -2.35. The maximum Gasteiger partial charge on any atom is 0.292 e. The van der Waals surface area contributed by atoms with Crippen molar-refractivity contribution in [2.75, 3.05) is 0 Å². The van der Waals surface area contributed by atoms with E-state index in [2.05, 4.69) is 26.5 Å². The summed E-state index contributed by atoms with van der Waals surface area (Å²) < 4.78 is 1.50. The van der Waals surface area contributed by atoms with Gasteiger partial charge in [0, 0.05) is 11.9 Å². The highest BCUT2D eigenvalue weighted by Crippen LogP contribution is 2.06. The van der Waals surface area contributed by atoms with E-state index in [-0.39, 0.29) is 5.82 Å². The SMILES string of the molecule is Cc1ccnc2nc(C(=O)NC(C#N)CC(C)C)nn12. The van der Waals surface area contributed by atoms with Crippen LogP contribution < -0.4 is 5.32 Å². The Bertz CT molecular complexity index is 669. The monoisotopic (exact) mass is 272 g/mol. The number of carbonyl (C=O) groups excluding carboxylic acids is 1. The molecule has 2 aromatic heterocycles. The molecule has 104 valence electrons. The van der Waals surface area contributed by atoms with Crippen molar-refractivity contribution in [1.29, 1.82) is 5.26 Å². The van der Waals surface area contributed by atoms with Gasteiger partial charge in [0.15, 0.2) is 0 Å². The highest BCUT2D eigenvalue weighted by molar-refractivity contribution is 5.91. The molecular weight excluding hydrogens is 256 g/mol. The van der Waals surface area contributed by atoms with E-state index in [1.165, 1.54) is 4.52 Å². The van der Waals surface area contributed by atoms with Gasteiger partial charge in [-0.2, -0.15) is 10.2 Å². The van der Waals surface area contributed by atoms with Crippen LogP contribution in [0.15, 0.2) is 12.3 Å². The average molecular weight is 272 g/mol. The Morgan fingerprint density at radius 3 is 2.90 bits per heavy atom. The third-order valence-electron chi connectivity index (χ3n) is 2.80. The number of nitrogens with zero attached hydrogens (tertiary/aromatic N) is 5. The highest BCUT2D eigenvalue weighted by atomic mass is 16.2. The van der Waals surface area contributed by atoms with Gasteiger partial charge in [-0.05, 0) is 25.3 Å². The lowest BCUT2D eigenvalue weighted by atomic mass is 10.1. The van der Waals surface area contributed by atoms with Gasteiger partial charge in [0.2, 0.25) is 5.82 Å². The van der Waals surface area contributed by atoms with Crippen LogP contribution in [0.2, 0.25) is 0 Å². The average Bonchev–Trinajstić information content (AvgIpc) is 2.83. The van der Waals surface area contributed by atoms with E-state index in [0.717, 1.165) is 5.69 Å². The van der Waals surface area contributed by atoms with Gasteiger partial charge in [-0.25, -0.2) is 9.50 Å². The minimum absolute atomic E-state index is 0.0239. The van der Waals surface area contributed by atoms with Gasteiger partial charge in [-0.15, -0.1) is 5.10 Å². The molecule has 0 spiro atoms. The van der Waals surface area contributed by atoms with Crippen LogP contribution in [0.25, 0.3) is 5.78 Å². The Morgan fingerprint density at radius 1 is 1.55 bits per heavy atom. The molecule has 7 nitrogen and oxygen atoms in total. The molecule has 0 saturated heterocycles. The maximum absolute atomic E-state index is 12.0. The van der Waals surface area contributed by atoms with Crippen LogP contribution in [0.5, 0.6) is 0 Å². The minimum atomic E-state index is -0.539. The molecule has 2 aromatic rings. The number of hydrogen-bond acceptors (Lipinski definition) is 5. The van der Waals surface area contributed by atoms with E-state index in [0.29, 0.717) is 18.1 Å². The van der Waals surface area contributed by atoms with E-state index in [1.807, 2.05) is 20.8 Å². The van der Waals surface area contributed by atoms with Crippen LogP contribution in [0.3, 0.4) is 0 Å². The van der Waals surface area contributed by atoms with Crippen molar-refractivity contribution >= 4 is 11.7 Å². The molecule has 0 aliphatic carbocycles. The summed E-state index contributed by atoms with van der Waals surface area (Å²) in [6.45, 7) is 5.84. The van der Waals surface area contributed by atoms with Crippen LogP contribution in [0.4, 0.5) is 0 Å². The number of amides is 1. The first-order valence-electron chi connectivity index (χ1n) is 6.40. The molecule has 1 amide bonds. The van der Waals surface area contributed by atoms with Crippen LogP contribution in [-0.4, -0.2) is 31.5 Å². The second-order valence-corrected chi connectivity index (χ2v) is 5.02. The number of aromatic nitrogens is 4. The zero-order valence-corrected chi connectivity index (χ0v) is 11.7. The number of hydrogen-bond donors (Lipinski definition) is 1. The number of nitrogens with one attached hydrogen (secondary N) is 1. The third-order valence-corrected chi connectivity index (χ3v) is 2.80. The second kappa shape index (κ2) is 5.65. The number of nitriles is 1. The Hall–Kier alpha value is -2.49. The molecule has 20 heavy (non-hydrogen) atoms. The molecule has 0 saturated carbocycles. The van der Waals surface area contributed by atoms with E-state index >= 15 is 0 Å². The van der Waals surface area contributed by atoms with Gasteiger partial charge in [-0.3, -0.25) is 4.79 Å². The summed E-state index contributed by atoms with van der Waals surface area (Å²) >= 11 is 0. The lowest BCUT2D eigenvalue weighted by Gasteiger charge is -2.11. The second-order valence-electron chi connectivity index (χ2n) is 5.02.